The number of aromatic nitrogens is 2. The van der Waals surface area contributed by atoms with Gasteiger partial charge in [0.15, 0.2) is 5.11 Å². The van der Waals surface area contributed by atoms with E-state index in [2.05, 4.69) is 54.8 Å². The van der Waals surface area contributed by atoms with Crippen LogP contribution in [0, 0.1) is 0 Å². The minimum Gasteiger partial charge on any atom is -1.00 e. The molecule has 0 radical (unpaired) electrons. The second kappa shape index (κ2) is 14.2. The Labute approximate surface area is 147 Å². The van der Waals surface area contributed by atoms with Gasteiger partial charge in [0.25, 0.3) is 0 Å². The average molecular weight is 371 g/mol. The molecule has 0 aliphatic heterocycles. The van der Waals surface area contributed by atoms with E-state index in [1.165, 1.54) is 6.33 Å². The van der Waals surface area contributed by atoms with Gasteiger partial charge in [-0.25, -0.2) is 4.98 Å². The second-order valence-corrected chi connectivity index (χ2v) is 5.84. The molecule has 0 saturated heterocycles. The van der Waals surface area contributed by atoms with Crippen LogP contribution in [0.2, 0.25) is 0 Å². The molecule has 136 valence electrons. The highest BCUT2D eigenvalue weighted by atomic mass is 35.5. The third-order valence-corrected chi connectivity index (χ3v) is 2.08. The zero-order valence-corrected chi connectivity index (χ0v) is 15.1. The number of H-pyrrole nitrogens is 1. The molecule has 0 amide bonds. The predicted octanol–water partition coefficient (Wildman–Crippen LogP) is -4.76. The molecule has 1 aromatic rings. The zero-order chi connectivity index (χ0) is 17.8. The number of nitrogens with two attached hydrogens (primary N) is 3. The van der Waals surface area contributed by atoms with E-state index in [-0.39, 0.29) is 30.5 Å². The number of nitrogens with one attached hydrogen (secondary N) is 1. The number of carboxylic acids is 1. The monoisotopic (exact) mass is 370 g/mol. The van der Waals surface area contributed by atoms with Gasteiger partial charge in [0.1, 0.15) is 12.6 Å². The summed E-state index contributed by atoms with van der Waals surface area (Å²) < 4.78 is 0.844. The van der Waals surface area contributed by atoms with Gasteiger partial charge in [-0.1, -0.05) is 0 Å². The maximum absolute atomic E-state index is 10.3. The minimum atomic E-state index is -1.00. The van der Waals surface area contributed by atoms with Crippen LogP contribution in [0.15, 0.2) is 12.5 Å². The third-order valence-electron chi connectivity index (χ3n) is 2.08. The molecule has 0 aliphatic carbocycles. The SMILES string of the molecule is C[N+](C)(C)CCO.NC(Cc1cnc[nH]1)C(=O)O.NC(N)=S.[Cl-]. The van der Waals surface area contributed by atoms with E-state index in [9.17, 15) is 4.79 Å². The fourth-order valence-corrected chi connectivity index (χ4v) is 1.02. The van der Waals surface area contributed by atoms with Gasteiger partial charge in [-0.2, -0.15) is 0 Å². The smallest absolute Gasteiger partial charge is 0.320 e. The number of hydrogen-bond donors (Lipinski definition) is 6. The number of hydrogen-bond acceptors (Lipinski definition) is 5. The first-order valence-corrected chi connectivity index (χ1v) is 6.82. The van der Waals surface area contributed by atoms with Crippen molar-refractivity contribution < 1.29 is 31.9 Å². The first-order valence-electron chi connectivity index (χ1n) is 6.41. The molecule has 9 N–H and O–H groups in total. The van der Waals surface area contributed by atoms with E-state index in [1.807, 2.05) is 0 Å². The molecule has 11 heteroatoms. The Morgan fingerprint density at radius 3 is 2.13 bits per heavy atom. The van der Waals surface area contributed by atoms with Crippen LogP contribution in [-0.4, -0.2) is 76.1 Å². The summed E-state index contributed by atoms with van der Waals surface area (Å²) in [5, 5.41) is 16.8. The zero-order valence-electron chi connectivity index (χ0n) is 13.6. The molecule has 0 bridgehead atoms. The highest BCUT2D eigenvalue weighted by Crippen LogP contribution is 1.95. The minimum absolute atomic E-state index is 0. The topological polar surface area (TPSA) is 164 Å². The van der Waals surface area contributed by atoms with Crippen molar-refractivity contribution in [3.8, 4) is 0 Å². The van der Waals surface area contributed by atoms with Crippen LogP contribution in [0.1, 0.15) is 5.69 Å². The highest BCUT2D eigenvalue weighted by molar-refractivity contribution is 7.80. The molecule has 0 aliphatic rings. The van der Waals surface area contributed by atoms with Crippen molar-refractivity contribution in [3.63, 3.8) is 0 Å². The Morgan fingerprint density at radius 2 is 1.91 bits per heavy atom. The van der Waals surface area contributed by atoms with Crippen molar-refractivity contribution in [1.29, 1.82) is 0 Å². The van der Waals surface area contributed by atoms with Crippen LogP contribution in [0.25, 0.3) is 0 Å². The number of aliphatic carboxylic acids is 1. The van der Waals surface area contributed by atoms with Gasteiger partial charge in [-0.15, -0.1) is 0 Å². The fraction of sp³-hybridized carbons (Fsp3) is 0.583. The van der Waals surface area contributed by atoms with Crippen LogP contribution >= 0.6 is 12.2 Å². The van der Waals surface area contributed by atoms with Crippen LogP contribution in [0.3, 0.4) is 0 Å². The summed E-state index contributed by atoms with van der Waals surface area (Å²) in [6, 6.07) is -0.851. The van der Waals surface area contributed by atoms with Crippen molar-refractivity contribution in [2.24, 2.45) is 17.2 Å². The maximum Gasteiger partial charge on any atom is 0.320 e. The van der Waals surface area contributed by atoms with E-state index < -0.39 is 12.0 Å². The van der Waals surface area contributed by atoms with E-state index >= 15 is 0 Å². The molecule has 0 aromatic carbocycles. The Balaban J connectivity index is -0.000000290. The van der Waals surface area contributed by atoms with E-state index in [0.29, 0.717) is 0 Å². The molecule has 0 spiro atoms. The van der Waals surface area contributed by atoms with Crippen molar-refractivity contribution in [1.82, 2.24) is 9.97 Å². The van der Waals surface area contributed by atoms with Gasteiger partial charge in [0, 0.05) is 18.3 Å². The largest absolute Gasteiger partial charge is 1.00 e. The molecule has 1 atom stereocenters. The summed E-state index contributed by atoms with van der Waals surface area (Å²) in [5.74, 6) is -1.00. The fourth-order valence-electron chi connectivity index (χ4n) is 1.02. The Kier molecular flexibility index (Phi) is 16.3. The average Bonchev–Trinajstić information content (AvgIpc) is 2.80. The first-order chi connectivity index (χ1) is 9.99. The number of halogens is 1. The normalized spacial score (nSPS) is 10.8. The molecule has 9 nitrogen and oxygen atoms in total. The standard InChI is InChI=1S/C6H9N3O2.C5H14NO.CH4N2S.ClH/c7-5(6(10)11)1-4-2-8-3-9-4;1-6(2,3)4-5-7;2-1(3)4;/h2-3,5H,1,7H2,(H,8,9)(H,10,11);7H,4-5H2,1-3H3;(H4,2,3,4);1H/q;+1;;/p-1. The molecule has 1 rings (SSSR count). The summed E-state index contributed by atoms with van der Waals surface area (Å²) in [7, 11) is 6.16. The predicted molar refractivity (Wildman–Crippen MR) is 88.9 cm³/mol. The van der Waals surface area contributed by atoms with Gasteiger partial charge in [-0.3, -0.25) is 4.79 Å². The Morgan fingerprint density at radius 1 is 1.43 bits per heavy atom. The van der Waals surface area contributed by atoms with Gasteiger partial charge in [-0.05, 0) is 12.2 Å². The second-order valence-electron chi connectivity index (χ2n) is 5.37. The first kappa shape index (κ1) is 26.4. The third kappa shape index (κ3) is 22.9. The summed E-state index contributed by atoms with van der Waals surface area (Å²) in [4.78, 5) is 16.8. The van der Waals surface area contributed by atoms with Crippen LogP contribution < -0.4 is 29.6 Å². The molecule has 0 fully saturated rings. The highest BCUT2D eigenvalue weighted by Gasteiger charge is 2.12. The van der Waals surface area contributed by atoms with Crippen molar-refractivity contribution in [2.45, 2.75) is 12.5 Å². The van der Waals surface area contributed by atoms with Crippen LogP contribution in [0.5, 0.6) is 0 Å². The summed E-state index contributed by atoms with van der Waals surface area (Å²) in [5.41, 5.74) is 15.2. The summed E-state index contributed by atoms with van der Waals surface area (Å²) in [6.07, 6.45) is 3.34. The number of thiocarbonyl (C=S) groups is 1. The lowest BCUT2D eigenvalue weighted by atomic mass is 10.2. The van der Waals surface area contributed by atoms with Gasteiger partial charge in [0.05, 0.1) is 34.1 Å². The van der Waals surface area contributed by atoms with E-state index in [4.69, 9.17) is 15.9 Å². The van der Waals surface area contributed by atoms with Gasteiger partial charge >= 0.3 is 5.97 Å². The quantitative estimate of drug-likeness (QED) is 0.222. The van der Waals surface area contributed by atoms with Gasteiger partial charge in [0.2, 0.25) is 0 Å². The number of aromatic amines is 1. The number of nitrogens with zero attached hydrogens (tertiary/aromatic N) is 2. The van der Waals surface area contributed by atoms with Crippen molar-refractivity contribution >= 4 is 23.3 Å². The molecular formula is C12H27ClN6O3S. The molecule has 23 heavy (non-hydrogen) atoms. The molecular weight excluding hydrogens is 344 g/mol. The van der Waals surface area contributed by atoms with Crippen molar-refractivity contribution in [3.05, 3.63) is 18.2 Å². The summed E-state index contributed by atoms with van der Waals surface area (Å²) in [6.45, 7) is 1.11. The van der Waals surface area contributed by atoms with Crippen LogP contribution in [-0.2, 0) is 11.2 Å². The molecule has 0 saturated carbocycles. The van der Waals surface area contributed by atoms with Crippen LogP contribution in [0.4, 0.5) is 0 Å². The summed E-state index contributed by atoms with van der Waals surface area (Å²) >= 11 is 4.09. The lowest BCUT2D eigenvalue weighted by Crippen LogP contribution is -3.00. The lowest BCUT2D eigenvalue weighted by Gasteiger charge is -2.21. The number of rotatable bonds is 5. The lowest BCUT2D eigenvalue weighted by molar-refractivity contribution is -0.870. The number of carbonyl (C=O) groups is 1. The number of imidazole rings is 1. The van der Waals surface area contributed by atoms with E-state index in [0.717, 1.165) is 16.7 Å². The number of quaternary nitrogens is 1. The molecule has 1 unspecified atom stereocenters. The number of aliphatic hydroxyl groups excluding tert-OH is 1. The van der Waals surface area contributed by atoms with Gasteiger partial charge < -0.3 is 49.3 Å². The van der Waals surface area contributed by atoms with Crippen molar-refractivity contribution in [2.75, 3.05) is 34.3 Å². The Bertz CT molecular complexity index is 421. The number of carboxylic acid groups (broad SMARTS) is 1. The number of aliphatic hydroxyl groups is 1. The molecule has 1 heterocycles. The maximum atomic E-state index is 10.3. The molecule has 1 aromatic heterocycles. The number of likely N-dealkylation sites (N-methyl/N-ethyl adjacent to an activating group) is 1. The van der Waals surface area contributed by atoms with E-state index in [1.54, 1.807) is 6.20 Å². The Hall–Kier alpha value is -1.46.